The van der Waals surface area contributed by atoms with E-state index in [0.29, 0.717) is 52.2 Å². The van der Waals surface area contributed by atoms with Crippen LogP contribution in [0, 0.1) is 3.57 Å². The van der Waals surface area contributed by atoms with Crippen molar-refractivity contribution in [2.75, 3.05) is 25.2 Å². The van der Waals surface area contributed by atoms with Gasteiger partial charge >= 0.3 is 5.97 Å². The number of amides is 1. The molecule has 0 radical (unpaired) electrons. The average Bonchev–Trinajstić information content (AvgIpc) is 3.00. The first kappa shape index (κ1) is 25.1. The van der Waals surface area contributed by atoms with E-state index in [9.17, 15) is 9.59 Å². The van der Waals surface area contributed by atoms with Crippen LogP contribution in [-0.2, 0) is 14.3 Å². The molecule has 1 heterocycles. The molecule has 1 aliphatic heterocycles. The van der Waals surface area contributed by atoms with Crippen molar-refractivity contribution in [1.82, 2.24) is 0 Å². The quantitative estimate of drug-likeness (QED) is 0.163. The zero-order valence-electron chi connectivity index (χ0n) is 16.8. The van der Waals surface area contributed by atoms with Gasteiger partial charge in [-0.25, -0.2) is 4.79 Å². The van der Waals surface area contributed by atoms with E-state index in [1.54, 1.807) is 30.3 Å². The van der Waals surface area contributed by atoms with E-state index in [1.165, 1.54) is 23.8 Å². The van der Waals surface area contributed by atoms with Crippen molar-refractivity contribution in [3.63, 3.8) is 0 Å². The predicted octanol–water partition coefficient (Wildman–Crippen LogP) is 5.95. The number of thioether (sulfide) groups is 1. The van der Waals surface area contributed by atoms with E-state index in [1.807, 2.05) is 13.0 Å². The second-order valence-corrected chi connectivity index (χ2v) is 9.92. The third-order valence-corrected chi connectivity index (χ3v) is 6.78. The van der Waals surface area contributed by atoms with Crippen molar-refractivity contribution in [2.45, 2.75) is 6.92 Å². The number of carbonyl (C=O) groups is 2. The summed E-state index contributed by atoms with van der Waals surface area (Å²) in [6.07, 6.45) is 1.72. The molecule has 11 heteroatoms. The minimum atomic E-state index is -0.503. The lowest BCUT2D eigenvalue weighted by Crippen LogP contribution is -2.27. The molecule has 0 spiro atoms. The molecule has 6 nitrogen and oxygen atoms in total. The van der Waals surface area contributed by atoms with Gasteiger partial charge in [0.25, 0.3) is 5.91 Å². The van der Waals surface area contributed by atoms with E-state index >= 15 is 0 Å². The zero-order chi connectivity index (χ0) is 23.4. The number of thiocarbonyl (C=S) groups is 1. The van der Waals surface area contributed by atoms with Gasteiger partial charge in [0.2, 0.25) is 0 Å². The second kappa shape index (κ2) is 11.1. The van der Waals surface area contributed by atoms with Gasteiger partial charge in [-0.15, -0.1) is 0 Å². The van der Waals surface area contributed by atoms with Crippen molar-refractivity contribution in [3.05, 3.63) is 54.4 Å². The van der Waals surface area contributed by atoms with Gasteiger partial charge in [-0.1, -0.05) is 47.2 Å². The van der Waals surface area contributed by atoms with Crippen LogP contribution < -0.4 is 14.4 Å². The van der Waals surface area contributed by atoms with Crippen LogP contribution in [0.5, 0.6) is 11.5 Å². The highest BCUT2D eigenvalue weighted by Gasteiger charge is 2.34. The number of methoxy groups -OCH3 is 1. The standard InChI is InChI=1S/C21H16Cl2INO5S2/c1-3-29-16-7-11(6-14(24)19(16)30-10-18(26)28-2)8-17-20(27)25(21(31)32-17)15-5-4-12(22)9-13(15)23/h4-9H,3,10H2,1-2H3/b17-8-. The smallest absolute Gasteiger partial charge is 0.343 e. The van der Waals surface area contributed by atoms with Crippen LogP contribution in [0.25, 0.3) is 6.08 Å². The fourth-order valence-electron chi connectivity index (χ4n) is 2.75. The zero-order valence-corrected chi connectivity index (χ0v) is 22.1. The summed E-state index contributed by atoms with van der Waals surface area (Å²) in [4.78, 5) is 26.3. The molecule has 3 rings (SSSR count). The summed E-state index contributed by atoms with van der Waals surface area (Å²) in [5.74, 6) is 0.0846. The molecule has 1 amide bonds. The van der Waals surface area contributed by atoms with Crippen LogP contribution in [0.4, 0.5) is 5.69 Å². The van der Waals surface area contributed by atoms with Gasteiger partial charge in [0.05, 0.1) is 32.9 Å². The number of hydrogen-bond acceptors (Lipinski definition) is 7. The number of nitrogens with zero attached hydrogens (tertiary/aromatic N) is 1. The summed E-state index contributed by atoms with van der Waals surface area (Å²) in [6.45, 7) is 1.99. The van der Waals surface area contributed by atoms with Crippen molar-refractivity contribution in [2.24, 2.45) is 0 Å². The van der Waals surface area contributed by atoms with E-state index < -0.39 is 5.97 Å². The van der Waals surface area contributed by atoms with Crippen molar-refractivity contribution in [3.8, 4) is 11.5 Å². The number of rotatable bonds is 7. The number of esters is 1. The van der Waals surface area contributed by atoms with Gasteiger partial charge in [0, 0.05) is 5.02 Å². The topological polar surface area (TPSA) is 65.1 Å². The maximum atomic E-state index is 13.1. The van der Waals surface area contributed by atoms with Gasteiger partial charge < -0.3 is 14.2 Å². The minimum Gasteiger partial charge on any atom is -0.490 e. The number of carbonyl (C=O) groups excluding carboxylic acids is 2. The molecule has 0 aliphatic carbocycles. The summed E-state index contributed by atoms with van der Waals surface area (Å²) in [5, 5.41) is 0.794. The number of ether oxygens (including phenoxy) is 3. The van der Waals surface area contributed by atoms with E-state index in [2.05, 4.69) is 27.3 Å². The molecule has 1 fully saturated rings. The molecule has 1 saturated heterocycles. The second-order valence-electron chi connectivity index (χ2n) is 6.24. The maximum Gasteiger partial charge on any atom is 0.343 e. The Kier molecular flexibility index (Phi) is 8.68. The Hall–Kier alpha value is -1.53. The van der Waals surface area contributed by atoms with Gasteiger partial charge in [0.1, 0.15) is 0 Å². The van der Waals surface area contributed by atoms with E-state index in [-0.39, 0.29) is 12.5 Å². The van der Waals surface area contributed by atoms with Gasteiger partial charge in [-0.05, 0) is 71.5 Å². The van der Waals surface area contributed by atoms with Gasteiger partial charge in [0.15, 0.2) is 22.4 Å². The molecule has 0 atom stereocenters. The first-order valence-electron chi connectivity index (χ1n) is 9.14. The van der Waals surface area contributed by atoms with Crippen LogP contribution in [0.1, 0.15) is 12.5 Å². The highest BCUT2D eigenvalue weighted by atomic mass is 127. The minimum absolute atomic E-state index is 0.244. The van der Waals surface area contributed by atoms with E-state index in [0.717, 1.165) is 0 Å². The molecule has 2 aromatic carbocycles. The Morgan fingerprint density at radius 1 is 1.25 bits per heavy atom. The lowest BCUT2D eigenvalue weighted by Gasteiger charge is -2.16. The molecule has 1 aliphatic rings. The highest BCUT2D eigenvalue weighted by Crippen LogP contribution is 2.41. The summed E-state index contributed by atoms with van der Waals surface area (Å²) >= 11 is 20.9. The first-order valence-corrected chi connectivity index (χ1v) is 12.2. The SMILES string of the molecule is CCOc1cc(/C=C2\SC(=S)N(c3ccc(Cl)cc3Cl)C2=O)cc(I)c1OCC(=O)OC. The molecule has 0 aromatic heterocycles. The Morgan fingerprint density at radius 2 is 2.00 bits per heavy atom. The third-order valence-electron chi connectivity index (χ3n) is 4.14. The Balaban J connectivity index is 1.92. The lowest BCUT2D eigenvalue weighted by molar-refractivity contribution is -0.142. The molecule has 2 aromatic rings. The number of anilines is 1. The molecular weight excluding hydrogens is 608 g/mol. The lowest BCUT2D eigenvalue weighted by atomic mass is 10.1. The molecule has 0 unspecified atom stereocenters. The molecule has 168 valence electrons. The summed E-state index contributed by atoms with van der Waals surface area (Å²) in [5.41, 5.74) is 1.18. The van der Waals surface area contributed by atoms with Crippen LogP contribution in [0.15, 0.2) is 35.2 Å². The third kappa shape index (κ3) is 5.69. The van der Waals surface area contributed by atoms with Crippen LogP contribution in [0.3, 0.4) is 0 Å². The highest BCUT2D eigenvalue weighted by molar-refractivity contribution is 14.1. The molecule has 32 heavy (non-hydrogen) atoms. The van der Waals surface area contributed by atoms with Crippen LogP contribution >= 0.6 is 69.8 Å². The number of benzene rings is 2. The molecular formula is C21H16Cl2INO5S2. The van der Waals surface area contributed by atoms with Crippen molar-refractivity contribution in [1.29, 1.82) is 0 Å². The largest absolute Gasteiger partial charge is 0.490 e. The Labute approximate surface area is 218 Å². The predicted molar refractivity (Wildman–Crippen MR) is 140 cm³/mol. The summed E-state index contributed by atoms with van der Waals surface area (Å²) in [6, 6.07) is 8.42. The van der Waals surface area contributed by atoms with Gasteiger partial charge in [-0.2, -0.15) is 0 Å². The molecule has 0 N–H and O–H groups in total. The molecule has 0 bridgehead atoms. The maximum absolute atomic E-state index is 13.1. The molecule has 0 saturated carbocycles. The van der Waals surface area contributed by atoms with Crippen LogP contribution in [-0.4, -0.2) is 36.5 Å². The normalized spacial score (nSPS) is 14.8. The number of hydrogen-bond donors (Lipinski definition) is 0. The monoisotopic (exact) mass is 623 g/mol. The Morgan fingerprint density at radius 3 is 2.66 bits per heavy atom. The summed E-state index contributed by atoms with van der Waals surface area (Å²) < 4.78 is 17.0. The van der Waals surface area contributed by atoms with E-state index in [4.69, 9.17) is 44.9 Å². The Bertz CT molecular complexity index is 1130. The van der Waals surface area contributed by atoms with Gasteiger partial charge in [-0.3, -0.25) is 9.69 Å². The number of halogens is 3. The first-order chi connectivity index (χ1) is 15.2. The summed E-state index contributed by atoms with van der Waals surface area (Å²) in [7, 11) is 1.29. The fourth-order valence-corrected chi connectivity index (χ4v) is 5.31. The fraction of sp³-hybridized carbons (Fsp3) is 0.190. The van der Waals surface area contributed by atoms with Crippen LogP contribution in [0.2, 0.25) is 10.0 Å². The van der Waals surface area contributed by atoms with Crippen molar-refractivity contribution >= 4 is 97.7 Å². The average molecular weight is 624 g/mol. The van der Waals surface area contributed by atoms with Crippen molar-refractivity contribution < 1.29 is 23.8 Å².